The van der Waals surface area contributed by atoms with E-state index in [-0.39, 0.29) is 31.5 Å². The maximum Gasteiger partial charge on any atom is 0.241 e. The van der Waals surface area contributed by atoms with Crippen LogP contribution in [-0.4, -0.2) is 55.1 Å². The second-order valence-corrected chi connectivity index (χ2v) is 3.58. The van der Waals surface area contributed by atoms with Crippen molar-refractivity contribution in [2.75, 3.05) is 33.3 Å². The minimum absolute atomic E-state index is 0.00741. The Morgan fingerprint density at radius 2 is 2.00 bits per heavy atom. The van der Waals surface area contributed by atoms with E-state index >= 15 is 0 Å². The predicted octanol–water partition coefficient (Wildman–Crippen LogP) is -1.32. The third-order valence-electron chi connectivity index (χ3n) is 2.20. The average Bonchev–Trinajstić information content (AvgIpc) is 2.30. The summed E-state index contributed by atoms with van der Waals surface area (Å²) in [5, 5.41) is 11.0. The number of likely N-dealkylation sites (N-methyl/N-ethyl adjacent to an activating group) is 1. The first-order valence-electron chi connectivity index (χ1n) is 5.43. The number of rotatable bonds is 8. The van der Waals surface area contributed by atoms with Crippen LogP contribution < -0.4 is 11.1 Å². The lowest BCUT2D eigenvalue weighted by atomic mass is 10.2. The molecule has 0 saturated carbocycles. The Hall–Kier alpha value is -1.14. The van der Waals surface area contributed by atoms with E-state index in [1.807, 2.05) is 0 Å². The maximum atomic E-state index is 11.4. The molecule has 0 aromatic carbocycles. The Bertz CT molecular complexity index is 221. The second kappa shape index (κ2) is 9.11. The highest BCUT2D eigenvalue weighted by molar-refractivity contribution is 5.85. The Kier molecular flexibility index (Phi) is 8.46. The van der Waals surface area contributed by atoms with Crippen molar-refractivity contribution in [3.05, 3.63) is 0 Å². The molecule has 0 aromatic rings. The summed E-state index contributed by atoms with van der Waals surface area (Å²) in [4.78, 5) is 23.8. The van der Waals surface area contributed by atoms with Crippen LogP contribution >= 0.6 is 0 Å². The molecule has 0 bridgehead atoms. The number of nitrogens with zero attached hydrogens (tertiary/aromatic N) is 1. The molecule has 6 nitrogen and oxygen atoms in total. The third kappa shape index (κ3) is 7.19. The Balaban J connectivity index is 3.61. The standard InChI is InChI=1S/C10H21N3O3/c1-13(5-3-2-4-6-14)10(16)8-12-9(15)7-11/h14H,2-8,11H2,1H3,(H,12,15). The zero-order chi connectivity index (χ0) is 12.4. The van der Waals surface area contributed by atoms with Gasteiger partial charge in [0.2, 0.25) is 11.8 Å². The zero-order valence-electron chi connectivity index (χ0n) is 9.74. The normalized spacial score (nSPS) is 9.94. The van der Waals surface area contributed by atoms with Gasteiger partial charge in [0.15, 0.2) is 0 Å². The van der Waals surface area contributed by atoms with Crippen LogP contribution in [0.1, 0.15) is 19.3 Å². The number of aliphatic hydroxyl groups is 1. The van der Waals surface area contributed by atoms with Crippen LogP contribution in [0.3, 0.4) is 0 Å². The molecule has 4 N–H and O–H groups in total. The van der Waals surface area contributed by atoms with Gasteiger partial charge in [-0.05, 0) is 19.3 Å². The predicted molar refractivity (Wildman–Crippen MR) is 60.6 cm³/mol. The monoisotopic (exact) mass is 231 g/mol. The third-order valence-corrected chi connectivity index (χ3v) is 2.20. The fourth-order valence-electron chi connectivity index (χ4n) is 1.14. The smallest absolute Gasteiger partial charge is 0.241 e. The van der Waals surface area contributed by atoms with Crippen LogP contribution in [-0.2, 0) is 9.59 Å². The molecule has 2 amide bonds. The summed E-state index contributed by atoms with van der Waals surface area (Å²) in [6, 6.07) is 0. The van der Waals surface area contributed by atoms with E-state index in [0.29, 0.717) is 6.54 Å². The van der Waals surface area contributed by atoms with E-state index in [1.54, 1.807) is 11.9 Å². The molecule has 0 aliphatic rings. The van der Waals surface area contributed by atoms with Crippen molar-refractivity contribution in [3.63, 3.8) is 0 Å². The Morgan fingerprint density at radius 3 is 2.56 bits per heavy atom. The van der Waals surface area contributed by atoms with Crippen molar-refractivity contribution >= 4 is 11.8 Å². The van der Waals surface area contributed by atoms with Gasteiger partial charge in [-0.15, -0.1) is 0 Å². The topological polar surface area (TPSA) is 95.7 Å². The highest BCUT2D eigenvalue weighted by Crippen LogP contribution is 1.96. The Morgan fingerprint density at radius 1 is 1.31 bits per heavy atom. The van der Waals surface area contributed by atoms with Crippen LogP contribution in [0.25, 0.3) is 0 Å². The SMILES string of the molecule is CN(CCCCCO)C(=O)CNC(=O)CN. The molecule has 0 spiro atoms. The van der Waals surface area contributed by atoms with Gasteiger partial charge in [-0.1, -0.05) is 0 Å². The second-order valence-electron chi connectivity index (χ2n) is 3.58. The molecule has 0 fully saturated rings. The van der Waals surface area contributed by atoms with Crippen molar-refractivity contribution in [1.29, 1.82) is 0 Å². The van der Waals surface area contributed by atoms with Crippen molar-refractivity contribution in [2.24, 2.45) is 5.73 Å². The van der Waals surface area contributed by atoms with Crippen LogP contribution in [0, 0.1) is 0 Å². The van der Waals surface area contributed by atoms with Crippen LogP contribution in [0.5, 0.6) is 0 Å². The van der Waals surface area contributed by atoms with E-state index in [1.165, 1.54) is 0 Å². The number of carbonyl (C=O) groups is 2. The van der Waals surface area contributed by atoms with E-state index in [0.717, 1.165) is 19.3 Å². The molecule has 6 heteroatoms. The van der Waals surface area contributed by atoms with Gasteiger partial charge in [-0.3, -0.25) is 9.59 Å². The molecular weight excluding hydrogens is 210 g/mol. The van der Waals surface area contributed by atoms with E-state index < -0.39 is 0 Å². The largest absolute Gasteiger partial charge is 0.396 e. The number of aliphatic hydroxyl groups excluding tert-OH is 1. The van der Waals surface area contributed by atoms with Crippen LogP contribution in [0.15, 0.2) is 0 Å². The van der Waals surface area contributed by atoms with Crippen molar-refractivity contribution in [2.45, 2.75) is 19.3 Å². The van der Waals surface area contributed by atoms with Gasteiger partial charge in [0, 0.05) is 20.2 Å². The number of hydrogen-bond donors (Lipinski definition) is 3. The van der Waals surface area contributed by atoms with Gasteiger partial charge in [-0.2, -0.15) is 0 Å². The summed E-state index contributed by atoms with van der Waals surface area (Å²) in [5.74, 6) is -0.465. The number of nitrogens with two attached hydrogens (primary N) is 1. The number of hydrogen-bond acceptors (Lipinski definition) is 4. The average molecular weight is 231 g/mol. The number of nitrogens with one attached hydrogen (secondary N) is 1. The highest BCUT2D eigenvalue weighted by Gasteiger charge is 2.08. The molecule has 0 aromatic heterocycles. The lowest BCUT2D eigenvalue weighted by Crippen LogP contribution is -2.40. The molecule has 0 radical (unpaired) electrons. The van der Waals surface area contributed by atoms with Gasteiger partial charge >= 0.3 is 0 Å². The molecule has 0 rings (SSSR count). The molecule has 0 heterocycles. The fraction of sp³-hybridized carbons (Fsp3) is 0.800. The summed E-state index contributed by atoms with van der Waals surface area (Å²) >= 11 is 0. The number of amides is 2. The maximum absolute atomic E-state index is 11.4. The van der Waals surface area contributed by atoms with Crippen molar-refractivity contribution in [3.8, 4) is 0 Å². The molecular formula is C10H21N3O3. The van der Waals surface area contributed by atoms with Crippen LogP contribution in [0.4, 0.5) is 0 Å². The lowest BCUT2D eigenvalue weighted by Gasteiger charge is -2.17. The van der Waals surface area contributed by atoms with Gasteiger partial charge < -0.3 is 21.1 Å². The first-order chi connectivity index (χ1) is 7.61. The van der Waals surface area contributed by atoms with Gasteiger partial charge in [0.25, 0.3) is 0 Å². The molecule has 0 atom stereocenters. The van der Waals surface area contributed by atoms with Crippen molar-refractivity contribution < 1.29 is 14.7 Å². The minimum Gasteiger partial charge on any atom is -0.396 e. The highest BCUT2D eigenvalue weighted by atomic mass is 16.3. The first kappa shape index (κ1) is 14.9. The van der Waals surface area contributed by atoms with Gasteiger partial charge in [-0.25, -0.2) is 0 Å². The summed E-state index contributed by atoms with van der Waals surface area (Å²) in [6.07, 6.45) is 2.50. The number of unbranched alkanes of at least 4 members (excludes halogenated alkanes) is 2. The van der Waals surface area contributed by atoms with Crippen LogP contribution in [0.2, 0.25) is 0 Å². The first-order valence-corrected chi connectivity index (χ1v) is 5.43. The summed E-state index contributed by atoms with van der Waals surface area (Å²) in [7, 11) is 1.69. The summed E-state index contributed by atoms with van der Waals surface area (Å²) in [5.41, 5.74) is 5.09. The molecule has 0 unspecified atom stereocenters. The van der Waals surface area contributed by atoms with Gasteiger partial charge in [0.05, 0.1) is 13.1 Å². The lowest BCUT2D eigenvalue weighted by molar-refractivity contribution is -0.131. The van der Waals surface area contributed by atoms with E-state index in [9.17, 15) is 9.59 Å². The van der Waals surface area contributed by atoms with E-state index in [4.69, 9.17) is 10.8 Å². The van der Waals surface area contributed by atoms with E-state index in [2.05, 4.69) is 5.32 Å². The Labute approximate surface area is 95.8 Å². The number of carbonyl (C=O) groups excluding carboxylic acids is 2. The molecule has 94 valence electrons. The van der Waals surface area contributed by atoms with Crippen molar-refractivity contribution in [1.82, 2.24) is 10.2 Å². The molecule has 0 aliphatic heterocycles. The molecule has 16 heavy (non-hydrogen) atoms. The summed E-state index contributed by atoms with van der Waals surface area (Å²) in [6.45, 7) is 0.710. The fourth-order valence-corrected chi connectivity index (χ4v) is 1.14. The minimum atomic E-state index is -0.331. The summed E-state index contributed by atoms with van der Waals surface area (Å²) < 4.78 is 0. The quantitative estimate of drug-likeness (QED) is 0.452. The molecule has 0 aliphatic carbocycles. The molecule has 0 saturated heterocycles. The van der Waals surface area contributed by atoms with Gasteiger partial charge in [0.1, 0.15) is 0 Å². The zero-order valence-corrected chi connectivity index (χ0v) is 9.74.